The summed E-state index contributed by atoms with van der Waals surface area (Å²) in [6.07, 6.45) is 1.12. The lowest BCUT2D eigenvalue weighted by Gasteiger charge is -2.12. The molecule has 2 rings (SSSR count). The quantitative estimate of drug-likeness (QED) is 0.705. The van der Waals surface area contributed by atoms with E-state index in [1.165, 1.54) is 0 Å². The molecule has 2 aromatic rings. The van der Waals surface area contributed by atoms with E-state index < -0.39 is 0 Å². The molecule has 1 atom stereocenters. The highest BCUT2D eigenvalue weighted by Gasteiger charge is 2.02. The summed E-state index contributed by atoms with van der Waals surface area (Å²) in [6.45, 7) is 5.46. The first kappa shape index (κ1) is 15.4. The zero-order chi connectivity index (χ0) is 14.9. The Labute approximate surface area is 126 Å². The highest BCUT2D eigenvalue weighted by Crippen LogP contribution is 2.23. The molecule has 0 radical (unpaired) electrons. The zero-order valence-electron chi connectivity index (χ0n) is 12.6. The highest BCUT2D eigenvalue weighted by atomic mass is 16.5. The predicted molar refractivity (Wildman–Crippen MR) is 84.2 cm³/mol. The Morgan fingerprint density at radius 1 is 0.857 bits per heavy atom. The summed E-state index contributed by atoms with van der Waals surface area (Å²) >= 11 is 0. The van der Waals surface area contributed by atoms with Gasteiger partial charge in [0.25, 0.3) is 0 Å². The summed E-state index contributed by atoms with van der Waals surface area (Å²) in [6, 6.07) is 17.4. The molecule has 0 saturated heterocycles. The Balaban J connectivity index is 1.79. The molecule has 0 amide bonds. The molecule has 3 nitrogen and oxygen atoms in total. The Kier molecular flexibility index (Phi) is 6.10. The molecule has 0 aliphatic carbocycles. The van der Waals surface area contributed by atoms with Gasteiger partial charge >= 0.3 is 0 Å². The summed E-state index contributed by atoms with van der Waals surface area (Å²) in [4.78, 5) is 0. The van der Waals surface area contributed by atoms with E-state index in [0.29, 0.717) is 6.61 Å². The minimum Gasteiger partial charge on any atom is -0.493 e. The van der Waals surface area contributed by atoms with Gasteiger partial charge in [-0.3, -0.25) is 0 Å². The van der Waals surface area contributed by atoms with E-state index in [1.807, 2.05) is 61.5 Å². The molecular weight excluding hydrogens is 264 g/mol. The van der Waals surface area contributed by atoms with Crippen molar-refractivity contribution >= 4 is 0 Å². The van der Waals surface area contributed by atoms with Gasteiger partial charge in [0.2, 0.25) is 0 Å². The smallest absolute Gasteiger partial charge is 0.127 e. The van der Waals surface area contributed by atoms with Crippen LogP contribution < -0.4 is 9.47 Å². The minimum atomic E-state index is 0.232. The van der Waals surface area contributed by atoms with Gasteiger partial charge in [0.15, 0.2) is 0 Å². The second kappa shape index (κ2) is 8.32. The summed E-state index contributed by atoms with van der Waals surface area (Å²) in [7, 11) is 0. The first-order chi connectivity index (χ1) is 10.3. The van der Waals surface area contributed by atoms with Crippen LogP contribution >= 0.6 is 0 Å². The van der Waals surface area contributed by atoms with E-state index in [-0.39, 0.29) is 6.10 Å². The van der Waals surface area contributed by atoms with Crippen molar-refractivity contribution in [3.05, 3.63) is 54.6 Å². The number of rotatable bonds is 8. The third-order valence-electron chi connectivity index (χ3n) is 3.05. The molecule has 0 bridgehead atoms. The largest absolute Gasteiger partial charge is 0.493 e. The van der Waals surface area contributed by atoms with Crippen LogP contribution in [0.1, 0.15) is 20.3 Å². The van der Waals surface area contributed by atoms with Crippen molar-refractivity contribution in [3.8, 4) is 17.2 Å². The van der Waals surface area contributed by atoms with Crippen LogP contribution in [0.25, 0.3) is 0 Å². The molecule has 21 heavy (non-hydrogen) atoms. The summed E-state index contributed by atoms with van der Waals surface area (Å²) in [5, 5.41) is 0. The van der Waals surface area contributed by atoms with Gasteiger partial charge in [-0.05, 0) is 50.2 Å². The molecule has 0 aliphatic heterocycles. The second-order valence-electron chi connectivity index (χ2n) is 4.79. The van der Waals surface area contributed by atoms with Crippen LogP contribution in [0.4, 0.5) is 0 Å². The van der Waals surface area contributed by atoms with Crippen LogP contribution in [0.15, 0.2) is 54.6 Å². The Morgan fingerprint density at radius 3 is 2.14 bits per heavy atom. The SMILES string of the molecule is CCOC(C)CCOc1ccc(Oc2ccccc2)cc1. The van der Waals surface area contributed by atoms with Crippen molar-refractivity contribution in [1.82, 2.24) is 0 Å². The lowest BCUT2D eigenvalue weighted by Crippen LogP contribution is -2.12. The Hall–Kier alpha value is -2.00. The van der Waals surface area contributed by atoms with E-state index in [2.05, 4.69) is 6.92 Å². The van der Waals surface area contributed by atoms with Crippen LogP contribution in [0.3, 0.4) is 0 Å². The van der Waals surface area contributed by atoms with Crippen molar-refractivity contribution in [3.63, 3.8) is 0 Å². The average molecular weight is 286 g/mol. The first-order valence-electron chi connectivity index (χ1n) is 7.35. The van der Waals surface area contributed by atoms with Crippen LogP contribution in [-0.4, -0.2) is 19.3 Å². The number of ether oxygens (including phenoxy) is 3. The monoisotopic (exact) mass is 286 g/mol. The van der Waals surface area contributed by atoms with Crippen molar-refractivity contribution in [2.24, 2.45) is 0 Å². The molecule has 0 N–H and O–H groups in total. The van der Waals surface area contributed by atoms with E-state index in [9.17, 15) is 0 Å². The molecule has 0 spiro atoms. The molecule has 0 saturated carbocycles. The summed E-state index contributed by atoms with van der Waals surface area (Å²) in [5.74, 6) is 2.48. The normalized spacial score (nSPS) is 11.9. The van der Waals surface area contributed by atoms with E-state index in [4.69, 9.17) is 14.2 Å². The summed E-state index contributed by atoms with van der Waals surface area (Å²) < 4.78 is 16.9. The fourth-order valence-electron chi connectivity index (χ4n) is 1.94. The van der Waals surface area contributed by atoms with E-state index in [1.54, 1.807) is 0 Å². The molecular formula is C18H22O3. The zero-order valence-corrected chi connectivity index (χ0v) is 12.6. The van der Waals surface area contributed by atoms with E-state index >= 15 is 0 Å². The second-order valence-corrected chi connectivity index (χ2v) is 4.79. The lowest BCUT2D eigenvalue weighted by atomic mass is 10.3. The van der Waals surface area contributed by atoms with Crippen LogP contribution in [0.2, 0.25) is 0 Å². The fraction of sp³-hybridized carbons (Fsp3) is 0.333. The molecule has 0 aromatic heterocycles. The van der Waals surface area contributed by atoms with Crippen LogP contribution in [0.5, 0.6) is 17.2 Å². The molecule has 0 fully saturated rings. The van der Waals surface area contributed by atoms with Crippen LogP contribution in [-0.2, 0) is 4.74 Å². The van der Waals surface area contributed by atoms with Crippen molar-refractivity contribution in [2.75, 3.05) is 13.2 Å². The third kappa shape index (κ3) is 5.48. The van der Waals surface area contributed by atoms with Crippen molar-refractivity contribution < 1.29 is 14.2 Å². The van der Waals surface area contributed by atoms with Gasteiger partial charge in [0.1, 0.15) is 17.2 Å². The van der Waals surface area contributed by atoms with Gasteiger partial charge in [-0.1, -0.05) is 18.2 Å². The minimum absolute atomic E-state index is 0.232. The van der Waals surface area contributed by atoms with Gasteiger partial charge < -0.3 is 14.2 Å². The Morgan fingerprint density at radius 2 is 1.48 bits per heavy atom. The van der Waals surface area contributed by atoms with Crippen molar-refractivity contribution in [1.29, 1.82) is 0 Å². The van der Waals surface area contributed by atoms with Crippen molar-refractivity contribution in [2.45, 2.75) is 26.4 Å². The van der Waals surface area contributed by atoms with Gasteiger partial charge in [-0.2, -0.15) is 0 Å². The van der Waals surface area contributed by atoms with Crippen LogP contribution in [0, 0.1) is 0 Å². The molecule has 3 heteroatoms. The third-order valence-corrected chi connectivity index (χ3v) is 3.05. The maximum absolute atomic E-state index is 5.73. The molecule has 1 unspecified atom stereocenters. The molecule has 0 heterocycles. The fourth-order valence-corrected chi connectivity index (χ4v) is 1.94. The maximum Gasteiger partial charge on any atom is 0.127 e. The molecule has 0 aliphatic rings. The predicted octanol–water partition coefficient (Wildman–Crippen LogP) is 4.67. The average Bonchev–Trinajstić information content (AvgIpc) is 2.50. The number of para-hydroxylation sites is 1. The van der Waals surface area contributed by atoms with Gasteiger partial charge in [0, 0.05) is 13.0 Å². The van der Waals surface area contributed by atoms with Gasteiger partial charge in [-0.15, -0.1) is 0 Å². The summed E-state index contributed by atoms with van der Waals surface area (Å²) in [5.41, 5.74) is 0. The first-order valence-corrected chi connectivity index (χ1v) is 7.35. The number of benzene rings is 2. The topological polar surface area (TPSA) is 27.7 Å². The van der Waals surface area contributed by atoms with Gasteiger partial charge in [0.05, 0.1) is 12.7 Å². The number of hydrogen-bond acceptors (Lipinski definition) is 3. The molecule has 112 valence electrons. The maximum atomic E-state index is 5.73. The number of hydrogen-bond donors (Lipinski definition) is 0. The lowest BCUT2D eigenvalue weighted by molar-refractivity contribution is 0.0596. The highest BCUT2D eigenvalue weighted by molar-refractivity contribution is 5.35. The van der Waals surface area contributed by atoms with Gasteiger partial charge in [-0.25, -0.2) is 0 Å². The Bertz CT molecular complexity index is 508. The molecule has 2 aromatic carbocycles. The van der Waals surface area contributed by atoms with E-state index in [0.717, 1.165) is 30.3 Å². The standard InChI is InChI=1S/C18H22O3/c1-3-19-15(2)13-14-20-16-9-11-18(12-10-16)21-17-7-5-4-6-8-17/h4-12,15H,3,13-14H2,1-2H3.